The zero-order chi connectivity index (χ0) is 13.4. The summed E-state index contributed by atoms with van der Waals surface area (Å²) in [5, 5.41) is 10.6. The van der Waals surface area contributed by atoms with E-state index < -0.39 is 5.60 Å². The molecule has 0 radical (unpaired) electrons. The molecule has 1 atom stereocenters. The van der Waals surface area contributed by atoms with Crippen molar-refractivity contribution in [1.82, 2.24) is 9.80 Å². The standard InChI is InChI=1S/C13H28N2O3/c1-14-6-4-5-13(16,11-14)12-15(7-9-17-2)8-10-18-3/h16H,4-12H2,1-3H3. The molecule has 0 bridgehead atoms. The molecule has 0 aromatic heterocycles. The Hall–Kier alpha value is -0.200. The van der Waals surface area contributed by atoms with Crippen LogP contribution in [-0.4, -0.2) is 87.7 Å². The Morgan fingerprint density at radius 3 is 2.33 bits per heavy atom. The van der Waals surface area contributed by atoms with Gasteiger partial charge >= 0.3 is 0 Å². The Balaban J connectivity index is 2.45. The van der Waals surface area contributed by atoms with Crippen LogP contribution in [0, 0.1) is 0 Å². The SMILES string of the molecule is COCCN(CCOC)CC1(O)CCCN(C)C1. The van der Waals surface area contributed by atoms with Gasteiger partial charge < -0.3 is 19.5 Å². The van der Waals surface area contributed by atoms with Crippen molar-refractivity contribution in [1.29, 1.82) is 0 Å². The van der Waals surface area contributed by atoms with Gasteiger partial charge in [0.25, 0.3) is 0 Å². The minimum absolute atomic E-state index is 0.589. The first-order valence-electron chi connectivity index (χ1n) is 6.71. The maximum Gasteiger partial charge on any atom is 0.0900 e. The van der Waals surface area contributed by atoms with E-state index in [1.807, 2.05) is 0 Å². The normalized spacial score (nSPS) is 25.8. The summed E-state index contributed by atoms with van der Waals surface area (Å²) >= 11 is 0. The summed E-state index contributed by atoms with van der Waals surface area (Å²) in [4.78, 5) is 4.43. The fourth-order valence-electron chi connectivity index (χ4n) is 2.59. The maximum absolute atomic E-state index is 10.6. The van der Waals surface area contributed by atoms with Gasteiger partial charge in [0.05, 0.1) is 18.8 Å². The minimum Gasteiger partial charge on any atom is -0.387 e. The van der Waals surface area contributed by atoms with Gasteiger partial charge in [0, 0.05) is 40.4 Å². The Labute approximate surface area is 111 Å². The van der Waals surface area contributed by atoms with E-state index >= 15 is 0 Å². The molecule has 108 valence electrons. The zero-order valence-electron chi connectivity index (χ0n) is 12.0. The lowest BCUT2D eigenvalue weighted by atomic mass is 9.92. The van der Waals surface area contributed by atoms with E-state index in [-0.39, 0.29) is 0 Å². The summed E-state index contributed by atoms with van der Waals surface area (Å²) in [5.41, 5.74) is -0.589. The average molecular weight is 260 g/mol. The third kappa shape index (κ3) is 5.63. The summed E-state index contributed by atoms with van der Waals surface area (Å²) in [6.07, 6.45) is 1.95. The number of β-amino-alcohol motifs (C(OH)–C–C–N with tert-alkyl or cyclic N) is 1. The highest BCUT2D eigenvalue weighted by Gasteiger charge is 2.33. The highest BCUT2D eigenvalue weighted by molar-refractivity contribution is 4.89. The van der Waals surface area contributed by atoms with Gasteiger partial charge in [0.2, 0.25) is 0 Å². The third-order valence-corrected chi connectivity index (χ3v) is 3.49. The number of aliphatic hydroxyl groups is 1. The van der Waals surface area contributed by atoms with Crippen LogP contribution in [-0.2, 0) is 9.47 Å². The van der Waals surface area contributed by atoms with Gasteiger partial charge in [-0.05, 0) is 26.4 Å². The van der Waals surface area contributed by atoms with Gasteiger partial charge in [0.15, 0.2) is 0 Å². The van der Waals surface area contributed by atoms with Crippen molar-refractivity contribution in [3.63, 3.8) is 0 Å². The van der Waals surface area contributed by atoms with Crippen molar-refractivity contribution in [3.8, 4) is 0 Å². The predicted octanol–water partition coefficient (Wildman–Crippen LogP) is 0.0379. The second-order valence-electron chi connectivity index (χ2n) is 5.33. The molecule has 18 heavy (non-hydrogen) atoms. The summed E-state index contributed by atoms with van der Waals surface area (Å²) in [6, 6.07) is 0. The Morgan fingerprint density at radius 2 is 1.83 bits per heavy atom. The summed E-state index contributed by atoms with van der Waals surface area (Å²) in [7, 11) is 5.48. The molecule has 5 heteroatoms. The molecule has 1 rings (SSSR count). The molecule has 1 N–H and O–H groups in total. The van der Waals surface area contributed by atoms with E-state index in [1.54, 1.807) is 14.2 Å². The molecule has 0 amide bonds. The predicted molar refractivity (Wildman–Crippen MR) is 71.9 cm³/mol. The smallest absolute Gasteiger partial charge is 0.0900 e. The third-order valence-electron chi connectivity index (χ3n) is 3.49. The molecule has 1 aliphatic rings. The van der Waals surface area contributed by atoms with Crippen LogP contribution in [0.5, 0.6) is 0 Å². The molecule has 0 aromatic rings. The fourth-order valence-corrected chi connectivity index (χ4v) is 2.59. The van der Waals surface area contributed by atoms with Crippen LogP contribution in [0.4, 0.5) is 0 Å². The monoisotopic (exact) mass is 260 g/mol. The number of piperidine rings is 1. The van der Waals surface area contributed by atoms with Crippen molar-refractivity contribution in [2.24, 2.45) is 0 Å². The minimum atomic E-state index is -0.589. The van der Waals surface area contributed by atoms with Crippen LogP contribution < -0.4 is 0 Å². The summed E-state index contributed by atoms with van der Waals surface area (Å²) < 4.78 is 10.2. The Bertz CT molecular complexity index is 220. The Morgan fingerprint density at radius 1 is 1.22 bits per heavy atom. The van der Waals surface area contributed by atoms with E-state index in [0.717, 1.165) is 39.0 Å². The molecule has 0 aliphatic carbocycles. The van der Waals surface area contributed by atoms with E-state index in [9.17, 15) is 5.11 Å². The number of ether oxygens (including phenoxy) is 2. The topological polar surface area (TPSA) is 45.2 Å². The second kappa shape index (κ2) is 8.07. The van der Waals surface area contributed by atoms with Gasteiger partial charge in [-0.1, -0.05) is 0 Å². The first-order valence-corrected chi connectivity index (χ1v) is 6.71. The highest BCUT2D eigenvalue weighted by Crippen LogP contribution is 2.21. The van der Waals surface area contributed by atoms with E-state index in [0.29, 0.717) is 19.8 Å². The molecule has 5 nitrogen and oxygen atoms in total. The number of hydrogen-bond donors (Lipinski definition) is 1. The zero-order valence-corrected chi connectivity index (χ0v) is 12.0. The van der Waals surface area contributed by atoms with Gasteiger partial charge in [-0.25, -0.2) is 0 Å². The second-order valence-corrected chi connectivity index (χ2v) is 5.33. The van der Waals surface area contributed by atoms with E-state index in [2.05, 4.69) is 16.8 Å². The molecule has 1 unspecified atom stereocenters. The number of nitrogens with zero attached hydrogens (tertiary/aromatic N) is 2. The molecule has 0 spiro atoms. The average Bonchev–Trinajstić information content (AvgIpc) is 2.32. The van der Waals surface area contributed by atoms with Crippen molar-refractivity contribution < 1.29 is 14.6 Å². The van der Waals surface area contributed by atoms with Crippen LogP contribution >= 0.6 is 0 Å². The first kappa shape index (κ1) is 15.9. The molecule has 1 fully saturated rings. The lowest BCUT2D eigenvalue weighted by Crippen LogP contribution is -2.54. The number of hydrogen-bond acceptors (Lipinski definition) is 5. The molecule has 1 aliphatic heterocycles. The van der Waals surface area contributed by atoms with Crippen LogP contribution in [0.15, 0.2) is 0 Å². The lowest BCUT2D eigenvalue weighted by molar-refractivity contribution is -0.0526. The molecule has 0 aromatic carbocycles. The highest BCUT2D eigenvalue weighted by atomic mass is 16.5. The molecular formula is C13H28N2O3. The number of methoxy groups -OCH3 is 2. The molecular weight excluding hydrogens is 232 g/mol. The fraction of sp³-hybridized carbons (Fsp3) is 1.00. The van der Waals surface area contributed by atoms with Gasteiger partial charge in [-0.15, -0.1) is 0 Å². The maximum atomic E-state index is 10.6. The van der Waals surface area contributed by atoms with E-state index in [4.69, 9.17) is 9.47 Å². The Kier molecular flexibility index (Phi) is 7.11. The van der Waals surface area contributed by atoms with Gasteiger partial charge in [0.1, 0.15) is 0 Å². The molecule has 1 saturated heterocycles. The van der Waals surface area contributed by atoms with Crippen molar-refractivity contribution >= 4 is 0 Å². The van der Waals surface area contributed by atoms with Crippen molar-refractivity contribution in [2.45, 2.75) is 18.4 Å². The number of likely N-dealkylation sites (tertiary alicyclic amines) is 1. The molecule has 1 heterocycles. The lowest BCUT2D eigenvalue weighted by Gasteiger charge is -2.40. The van der Waals surface area contributed by atoms with Crippen LogP contribution in [0.2, 0.25) is 0 Å². The van der Waals surface area contributed by atoms with Crippen LogP contribution in [0.3, 0.4) is 0 Å². The largest absolute Gasteiger partial charge is 0.387 e. The van der Waals surface area contributed by atoms with Crippen LogP contribution in [0.1, 0.15) is 12.8 Å². The summed E-state index contributed by atoms with van der Waals surface area (Å²) in [6.45, 7) is 5.59. The number of rotatable bonds is 8. The number of likely N-dealkylation sites (N-methyl/N-ethyl adjacent to an activating group) is 1. The van der Waals surface area contributed by atoms with Crippen LogP contribution in [0.25, 0.3) is 0 Å². The van der Waals surface area contributed by atoms with Gasteiger partial charge in [-0.3, -0.25) is 4.90 Å². The van der Waals surface area contributed by atoms with Gasteiger partial charge in [-0.2, -0.15) is 0 Å². The quantitative estimate of drug-likeness (QED) is 0.667. The van der Waals surface area contributed by atoms with E-state index in [1.165, 1.54) is 0 Å². The molecule has 0 saturated carbocycles. The first-order chi connectivity index (χ1) is 8.59. The van der Waals surface area contributed by atoms with Crippen molar-refractivity contribution in [3.05, 3.63) is 0 Å². The van der Waals surface area contributed by atoms with Crippen molar-refractivity contribution in [2.75, 3.05) is 67.2 Å². The summed E-state index contributed by atoms with van der Waals surface area (Å²) in [5.74, 6) is 0.